The number of carbonyl (C=O) groups excluding carboxylic acids is 2. The summed E-state index contributed by atoms with van der Waals surface area (Å²) in [5.41, 5.74) is 2.72. The first-order valence-electron chi connectivity index (χ1n) is 7.37. The Bertz CT molecular complexity index is 833. The van der Waals surface area contributed by atoms with Gasteiger partial charge in [-0.15, -0.1) is 0 Å². The van der Waals surface area contributed by atoms with Gasteiger partial charge >= 0.3 is 5.97 Å². The summed E-state index contributed by atoms with van der Waals surface area (Å²) < 4.78 is 9.83. The van der Waals surface area contributed by atoms with E-state index in [9.17, 15) is 19.7 Å². The number of hydrazone groups is 1. The number of nitrogens with one attached hydrogen (secondary N) is 1. The Morgan fingerprint density at radius 3 is 2.54 bits per heavy atom. The molecule has 0 heterocycles. The van der Waals surface area contributed by atoms with Gasteiger partial charge in [-0.3, -0.25) is 14.9 Å². The number of carbonyl (C=O) groups is 2. The number of methoxy groups -OCH3 is 1. The first-order valence-corrected chi connectivity index (χ1v) is 7.37. The second-order valence-corrected chi connectivity index (χ2v) is 4.91. The monoisotopic (exact) mass is 357 g/mol. The van der Waals surface area contributed by atoms with Gasteiger partial charge in [0.2, 0.25) is 0 Å². The molecule has 0 saturated heterocycles. The standard InChI is InChI=1S/C17H15N3O6/c1-25-17(22)12-6-8-14(9-7-12)26-11-16(21)19-18-10-13-4-2-3-5-15(13)20(23)24/h2-10H,11H2,1H3,(H,19,21)/b18-10-. The molecule has 0 atom stereocenters. The summed E-state index contributed by atoms with van der Waals surface area (Å²) in [6.45, 7) is -0.314. The molecule has 2 aromatic rings. The van der Waals surface area contributed by atoms with Crippen LogP contribution in [0.1, 0.15) is 15.9 Å². The maximum atomic E-state index is 11.7. The van der Waals surface area contributed by atoms with Crippen molar-refractivity contribution in [3.8, 4) is 5.75 Å². The number of amides is 1. The Labute approximate surface area is 148 Å². The Morgan fingerprint density at radius 1 is 1.19 bits per heavy atom. The zero-order valence-corrected chi connectivity index (χ0v) is 13.7. The zero-order valence-electron chi connectivity index (χ0n) is 13.7. The van der Waals surface area contributed by atoms with Crippen molar-refractivity contribution < 1.29 is 24.0 Å². The number of ether oxygens (including phenoxy) is 2. The molecule has 134 valence electrons. The van der Waals surface area contributed by atoms with Crippen molar-refractivity contribution in [3.05, 3.63) is 69.8 Å². The predicted octanol–water partition coefficient (Wildman–Crippen LogP) is 1.91. The molecule has 26 heavy (non-hydrogen) atoms. The van der Waals surface area contributed by atoms with E-state index >= 15 is 0 Å². The van der Waals surface area contributed by atoms with Crippen LogP contribution in [-0.2, 0) is 9.53 Å². The van der Waals surface area contributed by atoms with E-state index in [0.29, 0.717) is 11.3 Å². The van der Waals surface area contributed by atoms with Crippen molar-refractivity contribution in [2.75, 3.05) is 13.7 Å². The molecule has 0 aliphatic carbocycles. The first kappa shape index (κ1) is 18.6. The van der Waals surface area contributed by atoms with Crippen molar-refractivity contribution in [1.29, 1.82) is 0 Å². The highest BCUT2D eigenvalue weighted by atomic mass is 16.6. The molecule has 2 rings (SSSR count). The fraction of sp³-hybridized carbons (Fsp3) is 0.118. The van der Waals surface area contributed by atoms with Gasteiger partial charge in [-0.2, -0.15) is 5.10 Å². The van der Waals surface area contributed by atoms with Crippen molar-refractivity contribution in [1.82, 2.24) is 5.43 Å². The van der Waals surface area contributed by atoms with E-state index in [1.54, 1.807) is 6.07 Å². The van der Waals surface area contributed by atoms with Gasteiger partial charge < -0.3 is 9.47 Å². The molecule has 0 radical (unpaired) electrons. The van der Waals surface area contributed by atoms with E-state index in [0.717, 1.165) is 0 Å². The molecular weight excluding hydrogens is 342 g/mol. The lowest BCUT2D eigenvalue weighted by atomic mass is 10.2. The van der Waals surface area contributed by atoms with E-state index in [-0.39, 0.29) is 17.9 Å². The molecule has 2 aromatic carbocycles. The number of nitrogens with zero attached hydrogens (tertiary/aromatic N) is 2. The van der Waals surface area contributed by atoms with Crippen LogP contribution in [0.15, 0.2) is 53.6 Å². The smallest absolute Gasteiger partial charge is 0.337 e. The van der Waals surface area contributed by atoms with E-state index in [1.807, 2.05) is 0 Å². The topological polar surface area (TPSA) is 120 Å². The Morgan fingerprint density at radius 2 is 1.88 bits per heavy atom. The van der Waals surface area contributed by atoms with Crippen LogP contribution in [0, 0.1) is 10.1 Å². The summed E-state index contributed by atoms with van der Waals surface area (Å²) >= 11 is 0. The Hall–Kier alpha value is -3.75. The van der Waals surface area contributed by atoms with Gasteiger partial charge in [0.15, 0.2) is 6.61 Å². The molecule has 0 saturated carbocycles. The molecule has 0 aliphatic rings. The normalized spacial score (nSPS) is 10.3. The highest BCUT2D eigenvalue weighted by molar-refractivity contribution is 5.89. The van der Waals surface area contributed by atoms with Gasteiger partial charge in [0.25, 0.3) is 11.6 Å². The molecule has 9 nitrogen and oxygen atoms in total. The molecule has 1 N–H and O–H groups in total. The minimum absolute atomic E-state index is 0.118. The largest absolute Gasteiger partial charge is 0.484 e. The minimum atomic E-state index is -0.545. The lowest BCUT2D eigenvalue weighted by Gasteiger charge is -2.05. The number of nitro benzene ring substituents is 1. The summed E-state index contributed by atoms with van der Waals surface area (Å²) in [6, 6.07) is 12.1. The van der Waals surface area contributed by atoms with E-state index in [4.69, 9.17) is 4.74 Å². The molecule has 0 bridgehead atoms. The van der Waals surface area contributed by atoms with Crippen LogP contribution in [0.4, 0.5) is 5.69 Å². The van der Waals surface area contributed by atoms with Gasteiger partial charge in [0, 0.05) is 6.07 Å². The van der Waals surface area contributed by atoms with Crippen molar-refractivity contribution in [2.45, 2.75) is 0 Å². The molecule has 9 heteroatoms. The van der Waals surface area contributed by atoms with Crippen LogP contribution < -0.4 is 10.2 Å². The lowest BCUT2D eigenvalue weighted by molar-refractivity contribution is -0.385. The number of hydrogen-bond acceptors (Lipinski definition) is 7. The minimum Gasteiger partial charge on any atom is -0.484 e. The maximum absolute atomic E-state index is 11.7. The highest BCUT2D eigenvalue weighted by Crippen LogP contribution is 2.15. The summed E-state index contributed by atoms with van der Waals surface area (Å²) in [5.74, 6) is -0.633. The van der Waals surface area contributed by atoms with E-state index in [2.05, 4.69) is 15.3 Å². The van der Waals surface area contributed by atoms with E-state index in [1.165, 1.54) is 55.8 Å². The third-order valence-electron chi connectivity index (χ3n) is 3.17. The molecule has 0 unspecified atom stereocenters. The molecule has 0 spiro atoms. The SMILES string of the molecule is COC(=O)c1ccc(OCC(=O)N/N=C\c2ccccc2[N+](=O)[O-])cc1. The second-order valence-electron chi connectivity index (χ2n) is 4.91. The van der Waals surface area contributed by atoms with Crippen LogP contribution >= 0.6 is 0 Å². The maximum Gasteiger partial charge on any atom is 0.337 e. The van der Waals surface area contributed by atoms with Crippen molar-refractivity contribution >= 4 is 23.8 Å². The van der Waals surface area contributed by atoms with Crippen LogP contribution in [0.5, 0.6) is 5.75 Å². The quantitative estimate of drug-likeness (QED) is 0.350. The van der Waals surface area contributed by atoms with Crippen molar-refractivity contribution in [2.24, 2.45) is 5.10 Å². The third kappa shape index (κ3) is 5.13. The number of benzene rings is 2. The number of para-hydroxylation sites is 1. The van der Waals surface area contributed by atoms with Gasteiger partial charge in [-0.25, -0.2) is 10.2 Å². The third-order valence-corrected chi connectivity index (χ3v) is 3.17. The van der Waals surface area contributed by atoms with E-state index < -0.39 is 16.8 Å². The molecular formula is C17H15N3O6. The summed E-state index contributed by atoms with van der Waals surface area (Å²) in [7, 11) is 1.28. The average Bonchev–Trinajstić information content (AvgIpc) is 2.66. The van der Waals surface area contributed by atoms with Crippen molar-refractivity contribution in [3.63, 3.8) is 0 Å². The molecule has 0 aromatic heterocycles. The lowest BCUT2D eigenvalue weighted by Crippen LogP contribution is -2.24. The van der Waals surface area contributed by atoms with Crippen LogP contribution in [-0.4, -0.2) is 36.7 Å². The van der Waals surface area contributed by atoms with Crippen LogP contribution in [0.25, 0.3) is 0 Å². The fourth-order valence-electron chi connectivity index (χ4n) is 1.92. The number of rotatable bonds is 7. The van der Waals surface area contributed by atoms with Gasteiger partial charge in [0.1, 0.15) is 5.75 Å². The Kier molecular flexibility index (Phi) is 6.38. The van der Waals surface area contributed by atoms with Crippen LogP contribution in [0.3, 0.4) is 0 Å². The van der Waals surface area contributed by atoms with Gasteiger partial charge in [-0.05, 0) is 30.3 Å². The number of esters is 1. The summed E-state index contributed by atoms with van der Waals surface area (Å²) in [6.07, 6.45) is 1.18. The highest BCUT2D eigenvalue weighted by Gasteiger charge is 2.10. The summed E-state index contributed by atoms with van der Waals surface area (Å²) in [4.78, 5) is 33.3. The van der Waals surface area contributed by atoms with Gasteiger partial charge in [0.05, 0.1) is 29.4 Å². The Balaban J connectivity index is 1.86. The predicted molar refractivity (Wildman–Crippen MR) is 92.1 cm³/mol. The average molecular weight is 357 g/mol. The summed E-state index contributed by atoms with van der Waals surface area (Å²) in [5, 5.41) is 14.5. The molecule has 0 aliphatic heterocycles. The van der Waals surface area contributed by atoms with Gasteiger partial charge in [-0.1, -0.05) is 12.1 Å². The van der Waals surface area contributed by atoms with Crippen LogP contribution in [0.2, 0.25) is 0 Å². The molecule has 1 amide bonds. The first-order chi connectivity index (χ1) is 12.5. The fourth-order valence-corrected chi connectivity index (χ4v) is 1.92. The zero-order chi connectivity index (χ0) is 18.9. The molecule has 0 fully saturated rings. The number of nitro groups is 1. The number of hydrogen-bond donors (Lipinski definition) is 1. The second kappa shape index (κ2) is 8.92.